The van der Waals surface area contributed by atoms with E-state index in [4.69, 9.17) is 21.5 Å². The molecule has 1 unspecified atom stereocenters. The van der Waals surface area contributed by atoms with E-state index in [0.29, 0.717) is 11.4 Å². The summed E-state index contributed by atoms with van der Waals surface area (Å²) in [7, 11) is 1.63. The summed E-state index contributed by atoms with van der Waals surface area (Å²) in [6.45, 7) is 5.88. The highest BCUT2D eigenvalue weighted by molar-refractivity contribution is 5.98. The Labute approximate surface area is 162 Å². The number of pyridine rings is 1. The number of nitrogen functional groups attached to an aromatic ring is 2. The predicted molar refractivity (Wildman–Crippen MR) is 107 cm³/mol. The zero-order valence-corrected chi connectivity index (χ0v) is 16.0. The number of methoxy groups -OCH3 is 1. The van der Waals surface area contributed by atoms with Crippen LogP contribution in [0.25, 0.3) is 0 Å². The fourth-order valence-corrected chi connectivity index (χ4v) is 3.49. The van der Waals surface area contributed by atoms with Gasteiger partial charge in [-0.3, -0.25) is 5.32 Å². The molecule has 0 bridgehead atoms. The van der Waals surface area contributed by atoms with Crippen LogP contribution in [0.4, 0.5) is 17.3 Å². The number of anilines is 3. The smallest absolute Gasteiger partial charge is 0.211 e. The van der Waals surface area contributed by atoms with Crippen molar-refractivity contribution in [3.8, 4) is 18.0 Å². The molecule has 2 heterocycles. The van der Waals surface area contributed by atoms with Crippen molar-refractivity contribution in [2.75, 3.05) is 23.9 Å². The Balaban J connectivity index is 2.33. The zero-order valence-electron chi connectivity index (χ0n) is 16.0. The highest BCUT2D eigenvalue weighted by atomic mass is 16.5. The molecule has 0 radical (unpaired) electrons. The Morgan fingerprint density at radius 1 is 1.21 bits per heavy atom. The van der Waals surface area contributed by atoms with Gasteiger partial charge in [-0.05, 0) is 49.1 Å². The van der Waals surface area contributed by atoms with E-state index in [-0.39, 0.29) is 23.0 Å². The second kappa shape index (κ2) is 6.97. The van der Waals surface area contributed by atoms with E-state index < -0.39 is 6.04 Å². The van der Waals surface area contributed by atoms with Gasteiger partial charge < -0.3 is 21.5 Å². The minimum atomic E-state index is -0.574. The van der Waals surface area contributed by atoms with Gasteiger partial charge in [0, 0.05) is 5.56 Å². The number of aromatic nitrogens is 1. The van der Waals surface area contributed by atoms with E-state index in [9.17, 15) is 5.26 Å². The third-order valence-corrected chi connectivity index (χ3v) is 4.92. The van der Waals surface area contributed by atoms with Crippen LogP contribution in [0.15, 0.2) is 11.1 Å². The molecule has 1 aliphatic heterocycles. The minimum absolute atomic E-state index is 0.0158. The first-order chi connectivity index (χ1) is 13.3. The van der Waals surface area contributed by atoms with Crippen LogP contribution in [0.1, 0.15) is 39.4 Å². The summed E-state index contributed by atoms with van der Waals surface area (Å²) in [4.78, 5) is 8.88. The summed E-state index contributed by atoms with van der Waals surface area (Å²) >= 11 is 0. The highest BCUT2D eigenvalue weighted by Crippen LogP contribution is 2.43. The lowest BCUT2D eigenvalue weighted by atomic mass is 9.88. The fraction of sp³-hybridized carbons (Fsp3) is 0.263. The molecule has 0 fully saturated rings. The van der Waals surface area contributed by atoms with Crippen molar-refractivity contribution in [1.82, 2.24) is 10.3 Å². The Morgan fingerprint density at radius 2 is 1.93 bits per heavy atom. The number of ether oxygens (including phenoxy) is 1. The van der Waals surface area contributed by atoms with Gasteiger partial charge >= 0.3 is 0 Å². The van der Waals surface area contributed by atoms with Gasteiger partial charge in [-0.1, -0.05) is 0 Å². The van der Waals surface area contributed by atoms with Crippen LogP contribution in [0, 0.1) is 43.6 Å². The van der Waals surface area contributed by atoms with Crippen LogP contribution in [0.3, 0.4) is 0 Å². The second-order valence-electron chi connectivity index (χ2n) is 6.47. The summed E-state index contributed by atoms with van der Waals surface area (Å²) in [6, 6.07) is 3.40. The lowest BCUT2D eigenvalue weighted by Crippen LogP contribution is -2.33. The van der Waals surface area contributed by atoms with Gasteiger partial charge in [-0.15, -0.1) is 0 Å². The third-order valence-electron chi connectivity index (χ3n) is 4.92. The van der Waals surface area contributed by atoms with E-state index in [0.717, 1.165) is 28.0 Å². The minimum Gasteiger partial charge on any atom is -0.496 e. The van der Waals surface area contributed by atoms with Crippen molar-refractivity contribution >= 4 is 23.3 Å². The maximum Gasteiger partial charge on any atom is 0.211 e. The predicted octanol–water partition coefficient (Wildman–Crippen LogP) is 1.99. The van der Waals surface area contributed by atoms with Crippen molar-refractivity contribution < 1.29 is 4.74 Å². The number of aryl methyl sites for hydroxylation is 1. The van der Waals surface area contributed by atoms with E-state index in [2.05, 4.69) is 20.6 Å². The van der Waals surface area contributed by atoms with Gasteiger partial charge in [0.2, 0.25) is 5.96 Å². The Bertz CT molecular complexity index is 1090. The van der Waals surface area contributed by atoms with Crippen LogP contribution < -0.4 is 26.8 Å². The van der Waals surface area contributed by atoms with Crippen LogP contribution in [0.2, 0.25) is 0 Å². The molecule has 9 heteroatoms. The molecule has 6 N–H and O–H groups in total. The van der Waals surface area contributed by atoms with Gasteiger partial charge in [0.25, 0.3) is 0 Å². The number of hydrogen-bond donors (Lipinski definition) is 4. The number of nitrogens with two attached hydrogens (primary N) is 2. The molecule has 9 nitrogen and oxygen atoms in total. The van der Waals surface area contributed by atoms with Crippen LogP contribution in [-0.2, 0) is 0 Å². The molecule has 0 saturated carbocycles. The zero-order chi connectivity index (χ0) is 20.6. The average molecular weight is 376 g/mol. The fourth-order valence-electron chi connectivity index (χ4n) is 3.49. The molecule has 3 rings (SSSR count). The summed E-state index contributed by atoms with van der Waals surface area (Å²) in [5.74, 6) is 1.40. The standard InChI is InChI=1S/C19H20N8O/c1-8-5-11(9(2)10(3)16(8)28-4)15-13-14(22)12(6-20)17(23)26-18(13)27-19(25-15)24-7-21/h5,15H,1-4H3,(H6,22,23,24,25,26,27). The summed E-state index contributed by atoms with van der Waals surface area (Å²) in [5.41, 5.74) is 16.8. The number of aliphatic imine (C=N–C) groups is 1. The maximum atomic E-state index is 9.43. The molecule has 1 aromatic carbocycles. The normalized spacial score (nSPS) is 14.8. The van der Waals surface area contributed by atoms with Gasteiger partial charge in [0.15, 0.2) is 6.19 Å². The molecule has 2 aromatic rings. The Kier molecular flexibility index (Phi) is 4.68. The molecule has 1 aromatic heterocycles. The average Bonchev–Trinajstić information content (AvgIpc) is 2.65. The number of rotatable bonds is 2. The third kappa shape index (κ3) is 2.79. The molecule has 0 aliphatic carbocycles. The number of nitriles is 2. The van der Waals surface area contributed by atoms with Crippen molar-refractivity contribution in [2.45, 2.75) is 26.8 Å². The number of benzene rings is 1. The quantitative estimate of drug-likeness (QED) is 0.457. The van der Waals surface area contributed by atoms with Crippen LogP contribution in [-0.4, -0.2) is 18.1 Å². The largest absolute Gasteiger partial charge is 0.496 e. The van der Waals surface area contributed by atoms with Crippen molar-refractivity contribution in [3.63, 3.8) is 0 Å². The number of nitrogens with zero attached hydrogens (tertiary/aromatic N) is 4. The number of fused-ring (bicyclic) bond motifs is 1. The molecule has 0 spiro atoms. The maximum absolute atomic E-state index is 9.43. The highest BCUT2D eigenvalue weighted by Gasteiger charge is 2.31. The summed E-state index contributed by atoms with van der Waals surface area (Å²) in [5, 5.41) is 23.9. The van der Waals surface area contributed by atoms with Crippen LogP contribution >= 0.6 is 0 Å². The topological polar surface area (TPSA) is 158 Å². The van der Waals surface area contributed by atoms with E-state index in [1.165, 1.54) is 0 Å². The van der Waals surface area contributed by atoms with Gasteiger partial charge in [-0.2, -0.15) is 10.5 Å². The Morgan fingerprint density at radius 3 is 2.54 bits per heavy atom. The first-order valence-corrected chi connectivity index (χ1v) is 8.47. The molecule has 28 heavy (non-hydrogen) atoms. The molecular formula is C19H20N8O. The molecule has 0 saturated heterocycles. The Hall–Kier alpha value is -3.98. The monoisotopic (exact) mass is 376 g/mol. The van der Waals surface area contributed by atoms with Crippen LogP contribution in [0.5, 0.6) is 5.75 Å². The van der Waals surface area contributed by atoms with Gasteiger partial charge in [0.1, 0.15) is 35.1 Å². The number of nitrogens with one attached hydrogen (secondary N) is 2. The number of guanidine groups is 1. The van der Waals surface area contributed by atoms with Crippen molar-refractivity contribution in [2.24, 2.45) is 4.99 Å². The van der Waals surface area contributed by atoms with Crippen molar-refractivity contribution in [3.05, 3.63) is 39.4 Å². The first-order valence-electron chi connectivity index (χ1n) is 8.47. The molecule has 1 atom stereocenters. The van der Waals surface area contributed by atoms with Gasteiger partial charge in [-0.25, -0.2) is 9.98 Å². The van der Waals surface area contributed by atoms with E-state index in [1.54, 1.807) is 7.11 Å². The second-order valence-corrected chi connectivity index (χ2v) is 6.47. The summed E-state index contributed by atoms with van der Waals surface area (Å²) < 4.78 is 5.50. The van der Waals surface area contributed by atoms with Crippen molar-refractivity contribution in [1.29, 1.82) is 10.5 Å². The summed E-state index contributed by atoms with van der Waals surface area (Å²) in [6.07, 6.45) is 1.84. The van der Waals surface area contributed by atoms with Gasteiger partial charge in [0.05, 0.1) is 12.8 Å². The first kappa shape index (κ1) is 18.8. The SMILES string of the molecule is COc1c(C)cc(C2N=C(NC#N)Nc3nc(N)c(C#N)c(N)c32)c(C)c1C. The molecule has 0 amide bonds. The van der Waals surface area contributed by atoms with E-state index in [1.807, 2.05) is 39.1 Å². The lowest BCUT2D eigenvalue weighted by Gasteiger charge is -2.28. The molecule has 1 aliphatic rings. The van der Waals surface area contributed by atoms with E-state index >= 15 is 0 Å². The molecular weight excluding hydrogens is 356 g/mol. The lowest BCUT2D eigenvalue weighted by molar-refractivity contribution is 0.408. The number of hydrogen-bond acceptors (Lipinski definition) is 9. The molecule has 142 valence electrons.